The summed E-state index contributed by atoms with van der Waals surface area (Å²) >= 11 is 1.70. The first-order chi connectivity index (χ1) is 10.1. The van der Waals surface area contributed by atoms with Crippen molar-refractivity contribution in [2.24, 2.45) is 0 Å². The van der Waals surface area contributed by atoms with Gasteiger partial charge in [0.25, 0.3) is 5.91 Å². The van der Waals surface area contributed by atoms with Crippen LogP contribution in [0.5, 0.6) is 0 Å². The summed E-state index contributed by atoms with van der Waals surface area (Å²) in [6.07, 6.45) is 0.945. The highest BCUT2D eigenvalue weighted by atomic mass is 32.1. The number of rotatable bonds is 6. The molecule has 1 unspecified atom stereocenters. The Morgan fingerprint density at radius 1 is 1.38 bits per heavy atom. The number of thiophene rings is 1. The second-order valence-electron chi connectivity index (χ2n) is 5.04. The van der Waals surface area contributed by atoms with Crippen LogP contribution >= 0.6 is 11.3 Å². The highest BCUT2D eigenvalue weighted by Gasteiger charge is 2.09. The molecular formula is C16H21N3OS. The van der Waals surface area contributed by atoms with E-state index in [0.717, 1.165) is 12.1 Å². The zero-order valence-electron chi connectivity index (χ0n) is 12.3. The van der Waals surface area contributed by atoms with Crippen LogP contribution < -0.4 is 16.4 Å². The van der Waals surface area contributed by atoms with Gasteiger partial charge in [-0.1, -0.05) is 0 Å². The van der Waals surface area contributed by atoms with Crippen LogP contribution in [-0.2, 0) is 6.42 Å². The van der Waals surface area contributed by atoms with Gasteiger partial charge in [0.2, 0.25) is 0 Å². The van der Waals surface area contributed by atoms with E-state index in [2.05, 4.69) is 34.4 Å². The zero-order valence-corrected chi connectivity index (χ0v) is 13.2. The molecule has 2 rings (SSSR count). The highest BCUT2D eigenvalue weighted by molar-refractivity contribution is 7.07. The topological polar surface area (TPSA) is 67.2 Å². The van der Waals surface area contributed by atoms with Crippen molar-refractivity contribution >= 4 is 28.6 Å². The highest BCUT2D eigenvalue weighted by Crippen LogP contribution is 2.22. The lowest BCUT2D eigenvalue weighted by Crippen LogP contribution is -2.23. The summed E-state index contributed by atoms with van der Waals surface area (Å²) in [5, 5.41) is 10.4. The van der Waals surface area contributed by atoms with Crippen molar-refractivity contribution in [1.82, 2.24) is 5.32 Å². The van der Waals surface area contributed by atoms with E-state index < -0.39 is 0 Å². The Morgan fingerprint density at radius 2 is 2.19 bits per heavy atom. The van der Waals surface area contributed by atoms with Crippen molar-refractivity contribution in [1.29, 1.82) is 0 Å². The van der Waals surface area contributed by atoms with Gasteiger partial charge >= 0.3 is 0 Å². The maximum absolute atomic E-state index is 11.8. The van der Waals surface area contributed by atoms with Crippen LogP contribution in [0.15, 0.2) is 35.0 Å². The van der Waals surface area contributed by atoms with Gasteiger partial charge < -0.3 is 16.4 Å². The fourth-order valence-corrected chi connectivity index (χ4v) is 2.86. The average Bonchev–Trinajstić information content (AvgIpc) is 2.94. The fourth-order valence-electron chi connectivity index (χ4n) is 2.18. The first-order valence-electron chi connectivity index (χ1n) is 7.05. The van der Waals surface area contributed by atoms with Gasteiger partial charge in [-0.05, 0) is 60.9 Å². The van der Waals surface area contributed by atoms with Crippen molar-refractivity contribution in [3.05, 3.63) is 46.2 Å². The van der Waals surface area contributed by atoms with Gasteiger partial charge in [-0.15, -0.1) is 0 Å². The molecule has 1 amide bonds. The Balaban J connectivity index is 2.02. The molecule has 5 heteroatoms. The number of hydrogen-bond donors (Lipinski definition) is 3. The Morgan fingerprint density at radius 3 is 2.81 bits per heavy atom. The number of nitrogens with one attached hydrogen (secondary N) is 2. The molecular weight excluding hydrogens is 282 g/mol. The third-order valence-corrected chi connectivity index (χ3v) is 3.91. The predicted octanol–water partition coefficient (Wildman–Crippen LogP) is 3.12. The quantitative estimate of drug-likeness (QED) is 0.718. The summed E-state index contributed by atoms with van der Waals surface area (Å²) in [6.45, 7) is 4.62. The van der Waals surface area contributed by atoms with E-state index in [1.807, 2.05) is 13.0 Å². The summed E-state index contributed by atoms with van der Waals surface area (Å²) in [5.41, 5.74) is 9.40. The molecule has 0 bridgehead atoms. The van der Waals surface area contributed by atoms with Crippen molar-refractivity contribution in [2.75, 3.05) is 17.6 Å². The fraction of sp³-hybridized carbons (Fsp3) is 0.312. The van der Waals surface area contributed by atoms with Crippen LogP contribution in [0.2, 0.25) is 0 Å². The number of carbonyl (C=O) groups is 1. The van der Waals surface area contributed by atoms with Crippen LogP contribution in [0, 0.1) is 0 Å². The summed E-state index contributed by atoms with van der Waals surface area (Å²) in [4.78, 5) is 11.8. The number of carbonyl (C=O) groups excluding carboxylic acids is 1. The van der Waals surface area contributed by atoms with Gasteiger partial charge in [-0.3, -0.25) is 4.79 Å². The Kier molecular flexibility index (Phi) is 5.22. The number of nitrogen functional groups attached to an aromatic ring is 1. The van der Waals surface area contributed by atoms with Crippen molar-refractivity contribution < 1.29 is 4.79 Å². The van der Waals surface area contributed by atoms with Crippen LogP contribution in [0.25, 0.3) is 0 Å². The average molecular weight is 303 g/mol. The third-order valence-electron chi connectivity index (χ3n) is 3.17. The Bertz CT molecular complexity index is 596. The minimum Gasteiger partial charge on any atom is -0.397 e. The summed E-state index contributed by atoms with van der Waals surface area (Å²) in [7, 11) is 0. The maximum Gasteiger partial charge on any atom is 0.251 e. The Labute approximate surface area is 129 Å². The van der Waals surface area contributed by atoms with Gasteiger partial charge in [0, 0.05) is 18.2 Å². The number of anilines is 2. The molecule has 4 N–H and O–H groups in total. The Hall–Kier alpha value is -2.01. The third kappa shape index (κ3) is 4.23. The van der Waals surface area contributed by atoms with Gasteiger partial charge in [-0.25, -0.2) is 0 Å². The second-order valence-corrected chi connectivity index (χ2v) is 5.82. The monoisotopic (exact) mass is 303 g/mol. The molecule has 1 aromatic heterocycles. The van der Waals surface area contributed by atoms with Crippen LogP contribution in [0.4, 0.5) is 11.4 Å². The van der Waals surface area contributed by atoms with Crippen LogP contribution in [0.3, 0.4) is 0 Å². The van der Waals surface area contributed by atoms with Crippen molar-refractivity contribution in [3.63, 3.8) is 0 Å². The van der Waals surface area contributed by atoms with Gasteiger partial charge in [0.15, 0.2) is 0 Å². The molecule has 2 aromatic rings. The number of nitrogens with two attached hydrogens (primary N) is 1. The maximum atomic E-state index is 11.8. The van der Waals surface area contributed by atoms with Crippen LogP contribution in [-0.4, -0.2) is 18.5 Å². The summed E-state index contributed by atoms with van der Waals surface area (Å²) < 4.78 is 0. The largest absolute Gasteiger partial charge is 0.397 e. The number of hydrogen-bond acceptors (Lipinski definition) is 4. The van der Waals surface area contributed by atoms with E-state index in [1.165, 1.54) is 5.56 Å². The molecule has 4 nitrogen and oxygen atoms in total. The van der Waals surface area contributed by atoms with E-state index in [0.29, 0.717) is 17.8 Å². The molecule has 112 valence electrons. The molecule has 0 aliphatic rings. The minimum absolute atomic E-state index is 0.0953. The summed E-state index contributed by atoms with van der Waals surface area (Å²) in [5.74, 6) is -0.0953. The molecule has 0 radical (unpaired) electrons. The van der Waals surface area contributed by atoms with Crippen LogP contribution in [0.1, 0.15) is 29.8 Å². The SMILES string of the molecule is CCNC(=O)c1ccc(NC(C)Cc2ccsc2)c(N)c1. The van der Waals surface area contributed by atoms with E-state index in [4.69, 9.17) is 5.73 Å². The van der Waals surface area contributed by atoms with Crippen molar-refractivity contribution in [2.45, 2.75) is 26.3 Å². The molecule has 0 fully saturated rings. The zero-order chi connectivity index (χ0) is 15.2. The summed E-state index contributed by atoms with van der Waals surface area (Å²) in [6, 6.07) is 7.78. The van der Waals surface area contributed by atoms with Gasteiger partial charge in [0.05, 0.1) is 11.4 Å². The van der Waals surface area contributed by atoms with Gasteiger partial charge in [0.1, 0.15) is 0 Å². The molecule has 1 atom stereocenters. The molecule has 0 saturated heterocycles. The standard InChI is InChI=1S/C16H21N3OS/c1-3-18-16(20)13-4-5-15(14(17)9-13)19-11(2)8-12-6-7-21-10-12/h4-7,9-11,19H,3,8,17H2,1-2H3,(H,18,20). The van der Waals surface area contributed by atoms with Gasteiger partial charge in [-0.2, -0.15) is 11.3 Å². The first-order valence-corrected chi connectivity index (χ1v) is 7.99. The molecule has 21 heavy (non-hydrogen) atoms. The second kappa shape index (κ2) is 7.13. The lowest BCUT2D eigenvalue weighted by molar-refractivity contribution is 0.0956. The van der Waals surface area contributed by atoms with Crippen molar-refractivity contribution in [3.8, 4) is 0 Å². The smallest absolute Gasteiger partial charge is 0.251 e. The predicted molar refractivity (Wildman–Crippen MR) is 90.0 cm³/mol. The lowest BCUT2D eigenvalue weighted by Gasteiger charge is -2.17. The van der Waals surface area contributed by atoms with E-state index >= 15 is 0 Å². The minimum atomic E-state index is -0.0953. The lowest BCUT2D eigenvalue weighted by atomic mass is 10.1. The van der Waals surface area contributed by atoms with E-state index in [9.17, 15) is 4.79 Å². The normalized spacial score (nSPS) is 11.9. The van der Waals surface area contributed by atoms with E-state index in [1.54, 1.807) is 23.5 Å². The van der Waals surface area contributed by atoms with E-state index in [-0.39, 0.29) is 11.9 Å². The molecule has 1 heterocycles. The number of amides is 1. The molecule has 0 aliphatic heterocycles. The number of benzene rings is 1. The first kappa shape index (κ1) is 15.4. The molecule has 0 saturated carbocycles. The molecule has 1 aromatic carbocycles. The molecule has 0 aliphatic carbocycles. The molecule has 0 spiro atoms.